The molecule has 1 atom stereocenters. The molecule has 0 heterocycles. The predicted molar refractivity (Wildman–Crippen MR) is 59.7 cm³/mol. The molecule has 1 saturated carbocycles. The standard InChI is InChI=1S/C12H20F3NO/c1-11(2)5-4-10(17)9(6-11)7-16(3)8-12(13,14)15/h9H,4-8H2,1-3H3. The molecule has 0 saturated heterocycles. The normalized spacial score (nSPS) is 25.4. The van der Waals surface area contributed by atoms with Gasteiger partial charge in [-0.15, -0.1) is 0 Å². The van der Waals surface area contributed by atoms with E-state index in [0.29, 0.717) is 12.8 Å². The van der Waals surface area contributed by atoms with Gasteiger partial charge in [0.25, 0.3) is 0 Å². The molecule has 1 fully saturated rings. The van der Waals surface area contributed by atoms with Crippen LogP contribution in [-0.4, -0.2) is 37.0 Å². The highest BCUT2D eigenvalue weighted by Gasteiger charge is 2.36. The SMILES string of the molecule is CN(CC1CC(C)(C)CCC1=O)CC(F)(F)F. The summed E-state index contributed by atoms with van der Waals surface area (Å²) in [5, 5.41) is 0. The number of hydrogen-bond acceptors (Lipinski definition) is 2. The third-order valence-corrected chi connectivity index (χ3v) is 3.28. The zero-order valence-electron chi connectivity index (χ0n) is 10.6. The third-order valence-electron chi connectivity index (χ3n) is 3.28. The Morgan fingerprint density at radius 2 is 2.00 bits per heavy atom. The molecule has 0 spiro atoms. The van der Waals surface area contributed by atoms with Crippen LogP contribution in [0.15, 0.2) is 0 Å². The van der Waals surface area contributed by atoms with Crippen LogP contribution in [0.4, 0.5) is 13.2 Å². The van der Waals surface area contributed by atoms with E-state index in [1.54, 1.807) is 0 Å². The van der Waals surface area contributed by atoms with Crippen molar-refractivity contribution in [3.05, 3.63) is 0 Å². The van der Waals surface area contributed by atoms with Crippen molar-refractivity contribution in [3.63, 3.8) is 0 Å². The maximum Gasteiger partial charge on any atom is 0.401 e. The van der Waals surface area contributed by atoms with Crippen LogP contribution in [0.2, 0.25) is 0 Å². The molecule has 17 heavy (non-hydrogen) atoms. The highest BCUT2D eigenvalue weighted by atomic mass is 19.4. The first-order valence-corrected chi connectivity index (χ1v) is 5.87. The van der Waals surface area contributed by atoms with Gasteiger partial charge in [0, 0.05) is 18.9 Å². The van der Waals surface area contributed by atoms with E-state index in [1.165, 1.54) is 11.9 Å². The van der Waals surface area contributed by atoms with Gasteiger partial charge in [-0.2, -0.15) is 13.2 Å². The molecule has 0 aromatic rings. The number of rotatable bonds is 3. The van der Waals surface area contributed by atoms with Gasteiger partial charge in [-0.1, -0.05) is 13.8 Å². The van der Waals surface area contributed by atoms with Gasteiger partial charge in [0.15, 0.2) is 0 Å². The Morgan fingerprint density at radius 3 is 2.53 bits per heavy atom. The number of nitrogens with zero attached hydrogens (tertiary/aromatic N) is 1. The maximum absolute atomic E-state index is 12.2. The summed E-state index contributed by atoms with van der Waals surface area (Å²) in [6.45, 7) is 3.39. The number of carbonyl (C=O) groups excluding carboxylic acids is 1. The van der Waals surface area contributed by atoms with Crippen LogP contribution in [0.25, 0.3) is 0 Å². The Morgan fingerprint density at radius 1 is 1.41 bits per heavy atom. The van der Waals surface area contributed by atoms with Crippen LogP contribution in [0.5, 0.6) is 0 Å². The zero-order valence-corrected chi connectivity index (χ0v) is 10.6. The molecule has 1 aliphatic carbocycles. The van der Waals surface area contributed by atoms with E-state index >= 15 is 0 Å². The second kappa shape index (κ2) is 4.96. The molecule has 0 bridgehead atoms. The van der Waals surface area contributed by atoms with Crippen molar-refractivity contribution in [2.24, 2.45) is 11.3 Å². The predicted octanol–water partition coefficient (Wildman–Crippen LogP) is 2.88. The van der Waals surface area contributed by atoms with Crippen LogP contribution in [-0.2, 0) is 4.79 Å². The Balaban J connectivity index is 2.52. The Labute approximate surface area is 100 Å². The van der Waals surface area contributed by atoms with Gasteiger partial charge in [-0.05, 0) is 25.3 Å². The molecular formula is C12H20F3NO. The van der Waals surface area contributed by atoms with E-state index in [0.717, 1.165) is 6.42 Å². The minimum atomic E-state index is -4.19. The van der Waals surface area contributed by atoms with Crippen LogP contribution in [0.1, 0.15) is 33.1 Å². The topological polar surface area (TPSA) is 20.3 Å². The number of alkyl halides is 3. The first-order chi connectivity index (χ1) is 7.59. The number of halogens is 3. The first kappa shape index (κ1) is 14.5. The van der Waals surface area contributed by atoms with Crippen LogP contribution >= 0.6 is 0 Å². The third kappa shape index (κ3) is 5.06. The van der Waals surface area contributed by atoms with Gasteiger partial charge < -0.3 is 0 Å². The Kier molecular flexibility index (Phi) is 4.23. The van der Waals surface area contributed by atoms with E-state index < -0.39 is 12.7 Å². The quantitative estimate of drug-likeness (QED) is 0.768. The number of carbonyl (C=O) groups is 1. The molecular weight excluding hydrogens is 231 g/mol. The molecule has 1 rings (SSSR count). The lowest BCUT2D eigenvalue weighted by atomic mass is 9.71. The summed E-state index contributed by atoms with van der Waals surface area (Å²) in [5.41, 5.74) is 0.0671. The highest BCUT2D eigenvalue weighted by molar-refractivity contribution is 5.82. The van der Waals surface area contributed by atoms with Gasteiger partial charge in [-0.3, -0.25) is 9.69 Å². The monoisotopic (exact) mass is 251 g/mol. The van der Waals surface area contributed by atoms with Gasteiger partial charge in [0.1, 0.15) is 5.78 Å². The molecule has 1 aliphatic rings. The summed E-state index contributed by atoms with van der Waals surface area (Å²) in [6, 6.07) is 0. The second-order valence-electron chi connectivity index (χ2n) is 5.84. The average Bonchev–Trinajstić information content (AvgIpc) is 2.07. The van der Waals surface area contributed by atoms with Gasteiger partial charge in [0.2, 0.25) is 0 Å². The van der Waals surface area contributed by atoms with Crippen molar-refractivity contribution < 1.29 is 18.0 Å². The van der Waals surface area contributed by atoms with Crippen molar-refractivity contribution in [2.75, 3.05) is 20.1 Å². The van der Waals surface area contributed by atoms with E-state index in [2.05, 4.69) is 13.8 Å². The van der Waals surface area contributed by atoms with E-state index in [-0.39, 0.29) is 23.7 Å². The zero-order chi connectivity index (χ0) is 13.3. The fourth-order valence-corrected chi connectivity index (χ4v) is 2.46. The Hall–Kier alpha value is -0.580. The van der Waals surface area contributed by atoms with Crippen LogP contribution < -0.4 is 0 Å². The van der Waals surface area contributed by atoms with E-state index in [1.807, 2.05) is 0 Å². The molecule has 0 aromatic heterocycles. The second-order valence-corrected chi connectivity index (χ2v) is 5.84. The van der Waals surface area contributed by atoms with Crippen LogP contribution in [0, 0.1) is 11.3 Å². The molecule has 0 aliphatic heterocycles. The Bertz CT molecular complexity index is 286. The summed E-state index contributed by atoms with van der Waals surface area (Å²) >= 11 is 0. The summed E-state index contributed by atoms with van der Waals surface area (Å²) in [5.74, 6) is -0.135. The van der Waals surface area contributed by atoms with Gasteiger partial charge in [-0.25, -0.2) is 0 Å². The molecule has 1 unspecified atom stereocenters. The van der Waals surface area contributed by atoms with Crippen LogP contribution in [0.3, 0.4) is 0 Å². The number of ketones is 1. The molecule has 0 aromatic carbocycles. The smallest absolute Gasteiger partial charge is 0.299 e. The highest BCUT2D eigenvalue weighted by Crippen LogP contribution is 2.37. The van der Waals surface area contributed by atoms with Crippen molar-refractivity contribution in [1.29, 1.82) is 0 Å². The summed E-state index contributed by atoms with van der Waals surface area (Å²) < 4.78 is 36.5. The number of Topliss-reactive ketones (excluding diaryl/α,β-unsaturated/α-hetero) is 1. The van der Waals surface area contributed by atoms with Crippen molar-refractivity contribution in [3.8, 4) is 0 Å². The summed E-state index contributed by atoms with van der Waals surface area (Å²) in [4.78, 5) is 12.9. The summed E-state index contributed by atoms with van der Waals surface area (Å²) in [7, 11) is 1.42. The maximum atomic E-state index is 12.2. The fourth-order valence-electron chi connectivity index (χ4n) is 2.46. The van der Waals surface area contributed by atoms with Gasteiger partial charge in [0.05, 0.1) is 6.54 Å². The lowest BCUT2D eigenvalue weighted by Crippen LogP contribution is -2.40. The minimum Gasteiger partial charge on any atom is -0.299 e. The van der Waals surface area contributed by atoms with Crippen molar-refractivity contribution in [2.45, 2.75) is 39.3 Å². The lowest BCUT2D eigenvalue weighted by Gasteiger charge is -2.36. The molecule has 0 N–H and O–H groups in total. The summed E-state index contributed by atoms with van der Waals surface area (Å²) in [6.07, 6.45) is -2.17. The molecule has 0 amide bonds. The lowest BCUT2D eigenvalue weighted by molar-refractivity contribution is -0.147. The molecule has 100 valence electrons. The van der Waals surface area contributed by atoms with E-state index in [9.17, 15) is 18.0 Å². The van der Waals surface area contributed by atoms with E-state index in [4.69, 9.17) is 0 Å². The molecule has 2 nitrogen and oxygen atoms in total. The van der Waals surface area contributed by atoms with Gasteiger partial charge >= 0.3 is 6.18 Å². The average molecular weight is 251 g/mol. The number of hydrogen-bond donors (Lipinski definition) is 0. The van der Waals surface area contributed by atoms with Crippen molar-refractivity contribution >= 4 is 5.78 Å². The largest absolute Gasteiger partial charge is 0.401 e. The first-order valence-electron chi connectivity index (χ1n) is 5.87. The molecule has 5 heteroatoms. The minimum absolute atomic E-state index is 0.0671. The fraction of sp³-hybridized carbons (Fsp3) is 0.917. The molecule has 0 radical (unpaired) electrons. The van der Waals surface area contributed by atoms with Crippen molar-refractivity contribution in [1.82, 2.24) is 4.90 Å².